The minimum atomic E-state index is -0.357. The van der Waals surface area contributed by atoms with Gasteiger partial charge < -0.3 is 19.5 Å². The molecule has 1 aliphatic heterocycles. The molecule has 0 spiro atoms. The van der Waals surface area contributed by atoms with Crippen LogP contribution in [0.25, 0.3) is 0 Å². The average molecular weight is 448 g/mol. The minimum absolute atomic E-state index is 0.0983. The fourth-order valence-electron chi connectivity index (χ4n) is 3.04. The molecule has 0 aromatic heterocycles. The fraction of sp³-hybridized carbons (Fsp3) is 0.333. The number of nitrogens with one attached hydrogen (secondary N) is 1. The Morgan fingerprint density at radius 1 is 1.21 bits per heavy atom. The first-order valence-electron chi connectivity index (χ1n) is 9.07. The van der Waals surface area contributed by atoms with Gasteiger partial charge in [0, 0.05) is 22.5 Å². The van der Waals surface area contributed by atoms with Crippen LogP contribution in [0.15, 0.2) is 34.8 Å². The van der Waals surface area contributed by atoms with Crippen LogP contribution in [-0.2, 0) is 11.2 Å². The van der Waals surface area contributed by atoms with Gasteiger partial charge in [-0.3, -0.25) is 9.59 Å². The van der Waals surface area contributed by atoms with Crippen LogP contribution < -0.4 is 19.5 Å². The lowest BCUT2D eigenvalue weighted by molar-refractivity contribution is -0.118. The Balaban J connectivity index is 1.72. The fourth-order valence-corrected chi connectivity index (χ4v) is 3.41. The second kappa shape index (κ2) is 8.65. The minimum Gasteiger partial charge on any atom is -0.492 e. The van der Waals surface area contributed by atoms with Crippen molar-refractivity contribution < 1.29 is 23.8 Å². The maximum Gasteiger partial charge on any atom is 0.262 e. The van der Waals surface area contributed by atoms with Crippen molar-refractivity contribution in [2.75, 3.05) is 18.5 Å². The molecular weight excluding hydrogens is 426 g/mol. The molecular formula is C21H22BrNO5. The second-order valence-electron chi connectivity index (χ2n) is 6.56. The van der Waals surface area contributed by atoms with Crippen LogP contribution in [0.5, 0.6) is 17.2 Å². The number of anilines is 1. The predicted molar refractivity (Wildman–Crippen MR) is 110 cm³/mol. The van der Waals surface area contributed by atoms with Crippen molar-refractivity contribution in [3.05, 3.63) is 45.9 Å². The molecule has 0 fully saturated rings. The molecule has 148 valence electrons. The standard InChI is InChI=1S/C21H22BrNO5/c1-4-26-20-8-14-7-12(2)28-19(14)10-17(20)23-21(25)11-27-18-6-5-15(22)9-16(18)13(3)24/h5-6,8-10,12H,4,7,11H2,1-3H3,(H,23,25). The van der Waals surface area contributed by atoms with Crippen LogP contribution in [0.4, 0.5) is 5.69 Å². The predicted octanol–water partition coefficient (Wildman–Crippen LogP) is 4.39. The highest BCUT2D eigenvalue weighted by molar-refractivity contribution is 9.10. The molecule has 1 aliphatic rings. The highest BCUT2D eigenvalue weighted by Crippen LogP contribution is 2.38. The van der Waals surface area contributed by atoms with Crippen molar-refractivity contribution in [2.24, 2.45) is 0 Å². The molecule has 1 amide bonds. The van der Waals surface area contributed by atoms with Crippen molar-refractivity contribution >= 4 is 33.3 Å². The first-order chi connectivity index (χ1) is 13.4. The summed E-state index contributed by atoms with van der Waals surface area (Å²) >= 11 is 3.33. The first-order valence-corrected chi connectivity index (χ1v) is 9.86. The summed E-state index contributed by atoms with van der Waals surface area (Å²) in [6.07, 6.45) is 0.908. The zero-order valence-electron chi connectivity index (χ0n) is 16.0. The van der Waals surface area contributed by atoms with Crippen molar-refractivity contribution in [2.45, 2.75) is 33.3 Å². The van der Waals surface area contributed by atoms with E-state index in [4.69, 9.17) is 14.2 Å². The van der Waals surface area contributed by atoms with Gasteiger partial charge in [0.15, 0.2) is 12.4 Å². The van der Waals surface area contributed by atoms with Gasteiger partial charge in [-0.05, 0) is 45.0 Å². The van der Waals surface area contributed by atoms with Crippen LogP contribution >= 0.6 is 15.9 Å². The normalized spacial score (nSPS) is 14.8. The largest absolute Gasteiger partial charge is 0.492 e. The Bertz CT molecular complexity index is 912. The van der Waals surface area contributed by atoms with E-state index < -0.39 is 0 Å². The van der Waals surface area contributed by atoms with Crippen molar-refractivity contribution in [1.82, 2.24) is 0 Å². The summed E-state index contributed by atoms with van der Waals surface area (Å²) in [5.41, 5.74) is 2.01. The summed E-state index contributed by atoms with van der Waals surface area (Å²) in [6.45, 7) is 5.58. The van der Waals surface area contributed by atoms with E-state index in [1.54, 1.807) is 24.3 Å². The van der Waals surface area contributed by atoms with E-state index >= 15 is 0 Å². The molecule has 1 atom stereocenters. The van der Waals surface area contributed by atoms with E-state index in [9.17, 15) is 9.59 Å². The number of halogens is 1. The Labute approximate surface area is 172 Å². The third-order valence-corrected chi connectivity index (χ3v) is 4.75. The molecule has 0 radical (unpaired) electrons. The number of amides is 1. The molecule has 0 saturated heterocycles. The first kappa shape index (κ1) is 20.2. The van der Waals surface area contributed by atoms with Gasteiger partial charge >= 0.3 is 0 Å². The lowest BCUT2D eigenvalue weighted by Crippen LogP contribution is -2.21. The quantitative estimate of drug-likeness (QED) is 0.636. The molecule has 1 heterocycles. The number of benzene rings is 2. The third-order valence-electron chi connectivity index (χ3n) is 4.25. The maximum atomic E-state index is 12.4. The second-order valence-corrected chi connectivity index (χ2v) is 7.47. The lowest BCUT2D eigenvalue weighted by atomic mass is 10.1. The van der Waals surface area contributed by atoms with Crippen molar-refractivity contribution in [1.29, 1.82) is 0 Å². The number of ether oxygens (including phenoxy) is 3. The molecule has 28 heavy (non-hydrogen) atoms. The number of ketones is 1. The van der Waals surface area contributed by atoms with Crippen LogP contribution in [0.3, 0.4) is 0 Å². The Morgan fingerprint density at radius 2 is 2.00 bits per heavy atom. The summed E-state index contributed by atoms with van der Waals surface area (Å²) in [5, 5.41) is 2.81. The van der Waals surface area contributed by atoms with Crippen LogP contribution in [-0.4, -0.2) is 31.0 Å². The summed E-state index contributed by atoms with van der Waals surface area (Å²) in [5.74, 6) is 1.21. The molecule has 0 bridgehead atoms. The molecule has 2 aromatic rings. The van der Waals surface area contributed by atoms with Gasteiger partial charge in [0.2, 0.25) is 0 Å². The van der Waals surface area contributed by atoms with Crippen LogP contribution in [0.2, 0.25) is 0 Å². The molecule has 1 unspecified atom stereocenters. The number of hydrogen-bond donors (Lipinski definition) is 1. The molecule has 6 nitrogen and oxygen atoms in total. The third kappa shape index (κ3) is 4.65. The van der Waals surface area contributed by atoms with Crippen molar-refractivity contribution in [3.8, 4) is 17.2 Å². The molecule has 7 heteroatoms. The van der Waals surface area contributed by atoms with E-state index in [0.717, 1.165) is 22.2 Å². The van der Waals surface area contributed by atoms with E-state index in [1.807, 2.05) is 19.9 Å². The summed E-state index contributed by atoms with van der Waals surface area (Å²) in [4.78, 5) is 24.2. The Morgan fingerprint density at radius 3 is 2.71 bits per heavy atom. The van der Waals surface area contributed by atoms with E-state index in [0.29, 0.717) is 29.4 Å². The molecule has 0 aliphatic carbocycles. The Kier molecular flexibility index (Phi) is 6.24. The van der Waals surface area contributed by atoms with Gasteiger partial charge in [0.05, 0.1) is 17.9 Å². The average Bonchev–Trinajstić information content (AvgIpc) is 2.99. The van der Waals surface area contributed by atoms with Gasteiger partial charge in [0.1, 0.15) is 23.4 Å². The summed E-state index contributed by atoms with van der Waals surface area (Å²) in [6, 6.07) is 8.77. The van der Waals surface area contributed by atoms with Gasteiger partial charge in [0.25, 0.3) is 5.91 Å². The molecule has 1 N–H and O–H groups in total. The number of fused-ring (bicyclic) bond motifs is 1. The molecule has 0 saturated carbocycles. The zero-order valence-corrected chi connectivity index (χ0v) is 17.6. The lowest BCUT2D eigenvalue weighted by Gasteiger charge is -2.14. The van der Waals surface area contributed by atoms with E-state index in [2.05, 4.69) is 21.2 Å². The van der Waals surface area contributed by atoms with E-state index in [1.165, 1.54) is 6.92 Å². The number of hydrogen-bond acceptors (Lipinski definition) is 5. The molecule has 3 rings (SSSR count). The highest BCUT2D eigenvalue weighted by Gasteiger charge is 2.22. The number of rotatable bonds is 7. The zero-order chi connectivity index (χ0) is 20.3. The Hall–Kier alpha value is -2.54. The van der Waals surface area contributed by atoms with Crippen LogP contribution in [0.1, 0.15) is 36.7 Å². The van der Waals surface area contributed by atoms with Gasteiger partial charge in [-0.1, -0.05) is 15.9 Å². The number of carbonyl (C=O) groups excluding carboxylic acids is 2. The summed E-state index contributed by atoms with van der Waals surface area (Å²) in [7, 11) is 0. The monoisotopic (exact) mass is 447 g/mol. The van der Waals surface area contributed by atoms with Crippen LogP contribution in [0, 0.1) is 0 Å². The van der Waals surface area contributed by atoms with Gasteiger partial charge in [-0.15, -0.1) is 0 Å². The van der Waals surface area contributed by atoms with E-state index in [-0.39, 0.29) is 24.4 Å². The van der Waals surface area contributed by atoms with Gasteiger partial charge in [-0.2, -0.15) is 0 Å². The SMILES string of the molecule is CCOc1cc2c(cc1NC(=O)COc1ccc(Br)cc1C(C)=O)OC(C)C2. The molecule has 2 aromatic carbocycles. The van der Waals surface area contributed by atoms with Crippen molar-refractivity contribution in [3.63, 3.8) is 0 Å². The number of Topliss-reactive ketones (excluding diaryl/α,β-unsaturated/α-hetero) is 1. The smallest absolute Gasteiger partial charge is 0.262 e. The highest BCUT2D eigenvalue weighted by atomic mass is 79.9. The summed E-state index contributed by atoms with van der Waals surface area (Å²) < 4.78 is 17.8. The topological polar surface area (TPSA) is 73.9 Å². The van der Waals surface area contributed by atoms with Gasteiger partial charge in [-0.25, -0.2) is 0 Å². The maximum absolute atomic E-state index is 12.4. The number of carbonyl (C=O) groups is 2.